The lowest BCUT2D eigenvalue weighted by molar-refractivity contribution is -0.137. The maximum atomic E-state index is 12.7. The average Bonchev–Trinajstić information content (AvgIpc) is 3.01. The fourth-order valence-electron chi connectivity index (χ4n) is 4.11. The summed E-state index contributed by atoms with van der Waals surface area (Å²) >= 11 is 0. The number of likely N-dealkylation sites (N-methyl/N-ethyl adjacent to an activating group) is 1. The molecule has 0 N–H and O–H groups in total. The van der Waals surface area contributed by atoms with Gasteiger partial charge in [0, 0.05) is 45.7 Å². The van der Waals surface area contributed by atoms with Gasteiger partial charge in [-0.25, -0.2) is 0 Å². The summed E-state index contributed by atoms with van der Waals surface area (Å²) in [5.41, 5.74) is 1.50. The van der Waals surface area contributed by atoms with Gasteiger partial charge in [0.1, 0.15) is 0 Å². The fourth-order valence-corrected chi connectivity index (χ4v) is 4.11. The van der Waals surface area contributed by atoms with E-state index in [4.69, 9.17) is 0 Å². The predicted octanol–water partition coefficient (Wildman–Crippen LogP) is 1.89. The first kappa shape index (κ1) is 17.5. The average molecular weight is 333 g/mol. The van der Waals surface area contributed by atoms with Crippen LogP contribution < -0.4 is 0 Å². The molecule has 2 amide bonds. The van der Waals surface area contributed by atoms with E-state index in [1.165, 1.54) is 31.3 Å². The Morgan fingerprint density at radius 2 is 2.00 bits per heavy atom. The molecule has 3 rings (SSSR count). The molecule has 5 nitrogen and oxygen atoms in total. The van der Waals surface area contributed by atoms with Crippen LogP contribution in [0.4, 0.5) is 0 Å². The van der Waals surface area contributed by atoms with Gasteiger partial charge in [-0.3, -0.25) is 9.59 Å². The van der Waals surface area contributed by atoms with Gasteiger partial charge in [0.25, 0.3) is 0 Å². The first-order valence-electron chi connectivity index (χ1n) is 9.64. The minimum absolute atomic E-state index is 0.119. The summed E-state index contributed by atoms with van der Waals surface area (Å²) in [4.78, 5) is 31.2. The highest BCUT2D eigenvalue weighted by atomic mass is 16.2. The van der Waals surface area contributed by atoms with Crippen molar-refractivity contribution in [3.05, 3.63) is 11.6 Å². The summed E-state index contributed by atoms with van der Waals surface area (Å²) in [7, 11) is 0. The van der Waals surface area contributed by atoms with Crippen LogP contribution in [0.15, 0.2) is 11.6 Å². The van der Waals surface area contributed by atoms with Crippen LogP contribution in [0.3, 0.4) is 0 Å². The number of amides is 2. The lowest BCUT2D eigenvalue weighted by Gasteiger charge is -2.35. The van der Waals surface area contributed by atoms with E-state index < -0.39 is 0 Å². The van der Waals surface area contributed by atoms with Gasteiger partial charge in [-0.15, -0.1) is 0 Å². The van der Waals surface area contributed by atoms with Gasteiger partial charge in [0.2, 0.25) is 11.8 Å². The van der Waals surface area contributed by atoms with Crippen LogP contribution in [0.25, 0.3) is 0 Å². The van der Waals surface area contributed by atoms with Crippen LogP contribution in [-0.2, 0) is 9.59 Å². The minimum atomic E-state index is -0.119. The standard InChI is InChI=1S/C19H31N3O2/c1-2-20-10-12-21(13-11-20)19(24)17-14-18(23)22(15-17)9-8-16-6-4-3-5-7-16/h6,17H,2-5,7-15H2,1H3. The number of allylic oxidation sites excluding steroid dienone is 1. The summed E-state index contributed by atoms with van der Waals surface area (Å²) < 4.78 is 0. The van der Waals surface area contributed by atoms with Crippen molar-refractivity contribution < 1.29 is 9.59 Å². The van der Waals surface area contributed by atoms with Crippen LogP contribution in [0, 0.1) is 5.92 Å². The van der Waals surface area contributed by atoms with Crippen molar-refractivity contribution >= 4 is 11.8 Å². The molecule has 0 radical (unpaired) electrons. The Bertz CT molecular complexity index is 495. The summed E-state index contributed by atoms with van der Waals surface area (Å²) in [6, 6.07) is 0. The first-order chi connectivity index (χ1) is 11.7. The van der Waals surface area contributed by atoms with Crippen molar-refractivity contribution in [3.8, 4) is 0 Å². The lowest BCUT2D eigenvalue weighted by atomic mass is 9.97. The largest absolute Gasteiger partial charge is 0.342 e. The smallest absolute Gasteiger partial charge is 0.228 e. The van der Waals surface area contributed by atoms with Crippen LogP contribution in [-0.4, -0.2) is 72.3 Å². The first-order valence-corrected chi connectivity index (χ1v) is 9.64. The second kappa shape index (κ2) is 8.15. The van der Waals surface area contributed by atoms with E-state index in [2.05, 4.69) is 17.9 Å². The van der Waals surface area contributed by atoms with Crippen molar-refractivity contribution in [2.75, 3.05) is 45.8 Å². The number of carbonyl (C=O) groups is 2. The minimum Gasteiger partial charge on any atom is -0.342 e. The molecule has 2 aliphatic heterocycles. The summed E-state index contributed by atoms with van der Waals surface area (Å²) in [5.74, 6) is 0.237. The topological polar surface area (TPSA) is 43.9 Å². The molecule has 0 aromatic carbocycles. The van der Waals surface area contributed by atoms with Crippen molar-refractivity contribution in [1.82, 2.24) is 14.7 Å². The third-order valence-electron chi connectivity index (χ3n) is 5.78. The van der Waals surface area contributed by atoms with Crippen LogP contribution in [0.2, 0.25) is 0 Å². The highest BCUT2D eigenvalue weighted by molar-refractivity contribution is 5.89. The third kappa shape index (κ3) is 4.18. The number of hydrogen-bond donors (Lipinski definition) is 0. The van der Waals surface area contributed by atoms with Crippen LogP contribution in [0.1, 0.15) is 45.4 Å². The van der Waals surface area contributed by atoms with E-state index in [-0.39, 0.29) is 17.7 Å². The summed E-state index contributed by atoms with van der Waals surface area (Å²) in [6.07, 6.45) is 8.70. The van der Waals surface area contributed by atoms with Crippen molar-refractivity contribution in [3.63, 3.8) is 0 Å². The Kier molecular flexibility index (Phi) is 5.93. The molecule has 0 bridgehead atoms. The van der Waals surface area contributed by atoms with Gasteiger partial charge in [0.05, 0.1) is 5.92 Å². The number of hydrogen-bond acceptors (Lipinski definition) is 3. The summed E-state index contributed by atoms with van der Waals surface area (Å²) in [6.45, 7) is 8.16. The molecule has 0 aromatic rings. The number of rotatable bonds is 5. The molecule has 0 saturated carbocycles. The quantitative estimate of drug-likeness (QED) is 0.722. The molecule has 2 fully saturated rings. The highest BCUT2D eigenvalue weighted by Gasteiger charge is 2.36. The van der Waals surface area contributed by atoms with Crippen molar-refractivity contribution in [2.45, 2.75) is 45.4 Å². The lowest BCUT2D eigenvalue weighted by Crippen LogP contribution is -2.50. The SMILES string of the molecule is CCN1CCN(C(=O)C2CC(=O)N(CCC3=CCCCC3)C2)CC1. The Hall–Kier alpha value is -1.36. The van der Waals surface area contributed by atoms with Crippen LogP contribution in [0.5, 0.6) is 0 Å². The Labute approximate surface area is 145 Å². The van der Waals surface area contributed by atoms with E-state index in [1.807, 2.05) is 9.80 Å². The van der Waals surface area contributed by atoms with E-state index in [0.717, 1.165) is 45.7 Å². The van der Waals surface area contributed by atoms with Gasteiger partial charge < -0.3 is 14.7 Å². The molecule has 2 heterocycles. The molecule has 24 heavy (non-hydrogen) atoms. The van der Waals surface area contributed by atoms with E-state index in [1.54, 1.807) is 0 Å². The molecule has 134 valence electrons. The third-order valence-corrected chi connectivity index (χ3v) is 5.78. The van der Waals surface area contributed by atoms with E-state index in [0.29, 0.717) is 13.0 Å². The summed E-state index contributed by atoms with van der Waals surface area (Å²) in [5, 5.41) is 0. The van der Waals surface area contributed by atoms with E-state index >= 15 is 0 Å². The number of carbonyl (C=O) groups excluding carboxylic acids is 2. The molecule has 1 unspecified atom stereocenters. The van der Waals surface area contributed by atoms with E-state index in [9.17, 15) is 9.59 Å². The highest BCUT2D eigenvalue weighted by Crippen LogP contribution is 2.24. The number of piperazine rings is 1. The molecule has 1 aliphatic carbocycles. The molecule has 1 atom stereocenters. The molecule has 3 aliphatic rings. The number of nitrogens with zero attached hydrogens (tertiary/aromatic N) is 3. The van der Waals surface area contributed by atoms with Gasteiger partial charge in [-0.2, -0.15) is 0 Å². The Morgan fingerprint density at radius 1 is 1.21 bits per heavy atom. The monoisotopic (exact) mass is 333 g/mol. The Balaban J connectivity index is 1.47. The zero-order valence-electron chi connectivity index (χ0n) is 15.0. The zero-order chi connectivity index (χ0) is 16.9. The van der Waals surface area contributed by atoms with Crippen molar-refractivity contribution in [2.24, 2.45) is 5.92 Å². The van der Waals surface area contributed by atoms with Crippen LogP contribution >= 0.6 is 0 Å². The molecular weight excluding hydrogens is 302 g/mol. The second-order valence-corrected chi connectivity index (χ2v) is 7.36. The van der Waals surface area contributed by atoms with Crippen molar-refractivity contribution in [1.29, 1.82) is 0 Å². The maximum absolute atomic E-state index is 12.7. The molecule has 0 aromatic heterocycles. The molecule has 5 heteroatoms. The van der Waals surface area contributed by atoms with Gasteiger partial charge >= 0.3 is 0 Å². The van der Waals surface area contributed by atoms with Gasteiger partial charge in [-0.1, -0.05) is 18.6 Å². The molecule has 0 spiro atoms. The normalized spacial score (nSPS) is 26.0. The van der Waals surface area contributed by atoms with Gasteiger partial charge in [0.15, 0.2) is 0 Å². The Morgan fingerprint density at radius 3 is 2.67 bits per heavy atom. The molecular formula is C19H31N3O2. The number of likely N-dealkylation sites (tertiary alicyclic amines) is 1. The second-order valence-electron chi connectivity index (χ2n) is 7.36. The maximum Gasteiger partial charge on any atom is 0.228 e. The van der Waals surface area contributed by atoms with Gasteiger partial charge in [-0.05, 0) is 38.6 Å². The predicted molar refractivity (Wildman–Crippen MR) is 94.5 cm³/mol. The zero-order valence-corrected chi connectivity index (χ0v) is 15.0. The molecule has 2 saturated heterocycles. The fraction of sp³-hybridized carbons (Fsp3) is 0.789.